The molecule has 16 atom stereocenters. The molecule has 120 heavy (non-hydrogen) atoms. The van der Waals surface area contributed by atoms with Gasteiger partial charge in [-0.25, -0.2) is 55.0 Å². The van der Waals surface area contributed by atoms with Crippen molar-refractivity contribution in [2.45, 2.75) is 151 Å². The van der Waals surface area contributed by atoms with Gasteiger partial charge in [-0.1, -0.05) is 72.8 Å². The maximum atomic E-state index is 15.7. The lowest BCUT2D eigenvalue weighted by molar-refractivity contribution is -0.179. The van der Waals surface area contributed by atoms with Crippen LogP contribution in [0, 0.1) is 0 Å². The van der Waals surface area contributed by atoms with Crippen LogP contribution in [0.15, 0.2) is 160 Å². The molecule has 0 bridgehead atoms. The second-order valence-corrected chi connectivity index (χ2v) is 32.8. The second kappa shape index (κ2) is 35.6. The molecule has 4 aromatic heterocycles. The number of nitrogens with one attached hydrogen (secondary N) is 4. The summed E-state index contributed by atoms with van der Waals surface area (Å²) >= 11 is 0. The van der Waals surface area contributed by atoms with Crippen LogP contribution in [0.2, 0.25) is 0 Å². The molecule has 0 aliphatic carbocycles. The van der Waals surface area contributed by atoms with Gasteiger partial charge in [0.25, 0.3) is 22.2 Å². The van der Waals surface area contributed by atoms with Gasteiger partial charge in [0.05, 0.1) is 83.3 Å². The molecule has 4 aromatic carbocycles. The molecule has 0 amide bonds. The van der Waals surface area contributed by atoms with Crippen LogP contribution >= 0.6 is 31.3 Å². The first kappa shape index (κ1) is 80.4. The van der Waals surface area contributed by atoms with Crippen LogP contribution < -0.4 is 63.1 Å². The van der Waals surface area contributed by atoms with Gasteiger partial charge in [-0.2, -0.15) is 0 Å². The summed E-state index contributed by atoms with van der Waals surface area (Å²) in [5.74, 6) is -11.8. The third-order valence-corrected chi connectivity index (χ3v) is 22.9. The number of aliphatic hydroxyl groups excluding tert-OH is 8. The van der Waals surface area contributed by atoms with Crippen molar-refractivity contribution in [3.05, 3.63) is 250 Å². The Bertz CT molecular complexity index is 6220. The van der Waals surface area contributed by atoms with Crippen LogP contribution in [-0.2, 0) is 126 Å². The number of benzene rings is 4. The van der Waals surface area contributed by atoms with Crippen molar-refractivity contribution >= 4 is 31.3 Å². The van der Waals surface area contributed by atoms with Gasteiger partial charge in [0.15, 0.2) is 24.9 Å². The molecule has 0 saturated carbocycles. The number of rotatable bonds is 20. The highest BCUT2D eigenvalue weighted by atomic mass is 31.2. The average Bonchev–Trinajstić information content (AvgIpc) is 1.59. The maximum absolute atomic E-state index is 15.7. The van der Waals surface area contributed by atoms with E-state index >= 15 is 17.6 Å². The topological polar surface area (TPSA) is 597 Å². The third kappa shape index (κ3) is 20.0. The molecule has 52 heteroatoms. The predicted octanol–water partition coefficient (Wildman–Crippen LogP) is 2.83. The Kier molecular flexibility index (Phi) is 23.8. The lowest BCUT2D eigenvalue weighted by Gasteiger charge is -2.27. The second-order valence-electron chi connectivity index (χ2n) is 26.6. The number of halogens is 4. The fourth-order valence-electron chi connectivity index (χ4n) is 12.0. The molecule has 0 radical (unpaired) electrons. The Morgan fingerprint density at radius 3 is 0.967 bits per heavy atom. The Hall–Kier alpha value is -9.36. The standard InChI is InChI=1S/4C17H18FN2O9P/c4*18-17(9-27-30(25)26-8-10-3-1-2-4-13(10)29-30)5-12(22)15(28-17)20-6-11(7-21)14(23)19-16(20)24/h4*1-4,6,12,15,21-22H,5,7-9H2,(H,19,23,24)/t4*12-,15-,17+,30?/m1111/s1/i9D2,15D;15D;9D2;. The van der Waals surface area contributed by atoms with Gasteiger partial charge in [-0.05, 0) is 24.3 Å². The van der Waals surface area contributed by atoms with Gasteiger partial charge >= 0.3 is 54.0 Å². The van der Waals surface area contributed by atoms with Gasteiger partial charge in [0.1, 0.15) is 73.7 Å². The Morgan fingerprint density at radius 1 is 0.383 bits per heavy atom. The zero-order chi connectivity index (χ0) is 91.5. The predicted molar refractivity (Wildman–Crippen MR) is 389 cm³/mol. The molecular formula is C68H72F4N8O36P4. The van der Waals surface area contributed by atoms with Crippen LogP contribution in [0.1, 0.15) is 103 Å². The number of para-hydroxylation sites is 4. The molecule has 16 rings (SSSR count). The number of ether oxygens (including phenoxy) is 4. The summed E-state index contributed by atoms with van der Waals surface area (Å²) in [6.45, 7) is -12.8. The number of H-pyrrole nitrogens is 4. The van der Waals surface area contributed by atoms with Crippen molar-refractivity contribution in [2.24, 2.45) is 0 Å². The van der Waals surface area contributed by atoms with Crippen LogP contribution in [0.3, 0.4) is 0 Å². The van der Waals surface area contributed by atoms with Crippen molar-refractivity contribution in [1.29, 1.82) is 0 Å². The number of phosphoric acid groups is 4. The van der Waals surface area contributed by atoms with E-state index in [1.54, 1.807) is 83.8 Å². The van der Waals surface area contributed by atoms with Gasteiger partial charge < -0.3 is 77.9 Å². The summed E-state index contributed by atoms with van der Waals surface area (Å²) in [6.07, 6.45) is -16.7. The highest BCUT2D eigenvalue weighted by Crippen LogP contribution is 2.60. The molecular weight excluding hydrogens is 1700 g/mol. The van der Waals surface area contributed by atoms with E-state index in [1.807, 2.05) is 15.0 Å². The lowest BCUT2D eigenvalue weighted by atomic mass is 10.2. The quantitative estimate of drug-likeness (QED) is 0.0385. The molecule has 4 unspecified atom stereocenters. The number of phosphoric ester groups is 4. The minimum Gasteiger partial charge on any atom is -0.404 e. The number of aromatic nitrogens is 8. The highest BCUT2D eigenvalue weighted by Gasteiger charge is 2.55. The van der Waals surface area contributed by atoms with E-state index in [9.17, 15) is 97.5 Å². The average molecular weight is 1780 g/mol. The maximum Gasteiger partial charge on any atom is 0.530 e. The first-order valence-electron chi connectivity index (χ1n) is 37.9. The zero-order valence-corrected chi connectivity index (χ0v) is 64.6. The Labute approximate surface area is 675 Å². The Morgan fingerprint density at radius 2 is 0.633 bits per heavy atom. The van der Waals surface area contributed by atoms with Crippen molar-refractivity contribution in [3.8, 4) is 23.0 Å². The normalized spacial score (nSPS) is 32.8. The summed E-state index contributed by atoms with van der Waals surface area (Å²) < 4.78 is 244. The number of nitrogens with zero attached hydrogens (tertiary/aromatic N) is 4. The van der Waals surface area contributed by atoms with Crippen molar-refractivity contribution in [1.82, 2.24) is 38.2 Å². The minimum absolute atomic E-state index is 0.0600. The van der Waals surface area contributed by atoms with Crippen molar-refractivity contribution < 1.29 is 158 Å². The van der Waals surface area contributed by atoms with E-state index in [0.717, 1.165) is 23.2 Å². The molecule has 8 aromatic rings. The van der Waals surface area contributed by atoms with E-state index < -0.39 is 233 Å². The summed E-state index contributed by atoms with van der Waals surface area (Å²) in [7, 11) is -17.7. The van der Waals surface area contributed by atoms with Crippen LogP contribution in [0.4, 0.5) is 17.6 Å². The summed E-state index contributed by atoms with van der Waals surface area (Å²) in [4.78, 5) is 102. The molecule has 12 heterocycles. The monoisotopic (exact) mass is 1780 g/mol. The van der Waals surface area contributed by atoms with Gasteiger partial charge in [-0.3, -0.25) is 93.6 Å². The highest BCUT2D eigenvalue weighted by molar-refractivity contribution is 7.49. The van der Waals surface area contributed by atoms with Crippen LogP contribution in [0.25, 0.3) is 0 Å². The van der Waals surface area contributed by atoms with E-state index in [4.69, 9.17) is 81.5 Å². The lowest BCUT2D eigenvalue weighted by Crippen LogP contribution is -2.37. The number of aliphatic hydroxyl groups is 8. The van der Waals surface area contributed by atoms with Crippen LogP contribution in [0.5, 0.6) is 23.0 Å². The number of hydrogen-bond acceptors (Lipinski definition) is 36. The minimum atomic E-state index is -4.71. The van der Waals surface area contributed by atoms with E-state index in [1.165, 1.54) is 18.2 Å². The summed E-state index contributed by atoms with van der Waals surface area (Å²) in [6, 6.07) is 25.8. The summed E-state index contributed by atoms with van der Waals surface area (Å²) in [5.41, 5.74) is -7.00. The SMILES string of the molecule is O=c1[nH]c(=O)n([C@@H]2O[C@](F)(COP3(=O)OCc4ccccc4O3)C[C@H]2O)cc1CO.[2H]C([2H])(OP1(=O)OCc2ccccc2O1)[C@]1(F)C[C@@H](O)[C@H](n2cc(CO)c(=O)[nH]c2=O)O1.[2H]C([2H])(OP1(=O)OCc2ccccc2O1)[C@]1(F)C[C@@H](O)[C@]([2H])(n2cc(CO)c(=O)[nH]c2=O)O1.[2H][C@@]1(n2cc(CO)c(=O)[nH]c2=O)O[C@](F)(COP2(=O)OCc3ccccc3O2)C[C@H]1O. The molecule has 0 spiro atoms. The third-order valence-electron chi connectivity index (χ3n) is 17.9. The summed E-state index contributed by atoms with van der Waals surface area (Å²) in [5, 5.41) is 77.9. The van der Waals surface area contributed by atoms with Gasteiger partial charge in [-0.15, -0.1) is 0 Å². The van der Waals surface area contributed by atoms with E-state index in [0.29, 0.717) is 37.6 Å². The first-order valence-corrected chi connectivity index (χ1v) is 40.8. The number of fused-ring (bicyclic) bond motifs is 4. The van der Waals surface area contributed by atoms with E-state index in [-0.39, 0.29) is 70.7 Å². The molecule has 44 nitrogen and oxygen atoms in total. The van der Waals surface area contributed by atoms with Crippen molar-refractivity contribution in [3.63, 3.8) is 0 Å². The largest absolute Gasteiger partial charge is 0.530 e. The smallest absolute Gasteiger partial charge is 0.404 e. The molecule has 4 fully saturated rings. The fraction of sp³-hybridized carbons (Fsp3) is 0.412. The van der Waals surface area contributed by atoms with Crippen molar-refractivity contribution in [2.75, 3.05) is 26.3 Å². The molecule has 4 saturated heterocycles. The molecule has 12 N–H and O–H groups in total. The van der Waals surface area contributed by atoms with E-state index in [2.05, 4.69) is 0 Å². The van der Waals surface area contributed by atoms with Gasteiger partial charge in [0, 0.05) is 72.7 Å². The fourth-order valence-corrected chi connectivity index (χ4v) is 16.7. The Balaban J connectivity index is 0.000000144. The number of alkyl halides is 4. The first-order chi connectivity index (χ1) is 59.1. The number of aromatic amines is 4. The molecule has 648 valence electrons. The molecule has 8 aliphatic rings. The van der Waals surface area contributed by atoms with Crippen LogP contribution in [-0.4, -0.2) is 153 Å². The number of hydrogen-bond donors (Lipinski definition) is 12. The van der Waals surface area contributed by atoms with Gasteiger partial charge in [0.2, 0.25) is 23.4 Å². The zero-order valence-electron chi connectivity index (χ0n) is 67.0. The molecule has 8 aliphatic heterocycles.